The molecular formula is C19H41Br2N. The molecule has 0 bridgehead atoms. The Labute approximate surface area is 160 Å². The molecule has 0 aromatic rings. The van der Waals surface area contributed by atoms with Crippen molar-refractivity contribution in [2.75, 3.05) is 32.0 Å². The second-order valence-corrected chi connectivity index (χ2v) is 7.81. The van der Waals surface area contributed by atoms with E-state index in [4.69, 9.17) is 0 Å². The highest BCUT2D eigenvalue weighted by Crippen LogP contribution is 2.14. The Kier molecular flexibility index (Phi) is 20.9. The average molecular weight is 443 g/mol. The number of halogens is 2. The molecule has 0 aromatic heterocycles. The fraction of sp³-hybridized carbons (Fsp3) is 1.00. The Morgan fingerprint density at radius 1 is 0.591 bits per heavy atom. The standard InChI is InChI=1S/C19H41BrN.BrH/c1-4-6-8-10-12-14-17-21(3,19-16-20)18-15-13-11-9-7-5-2;/h4-19H2,1-3H3;1H/q+1;/p-1. The summed E-state index contributed by atoms with van der Waals surface area (Å²) in [7, 11) is 2.47. The van der Waals surface area contributed by atoms with Crippen LogP contribution in [0.1, 0.15) is 90.9 Å². The van der Waals surface area contributed by atoms with Gasteiger partial charge in [-0.05, 0) is 25.7 Å². The third kappa shape index (κ3) is 15.8. The van der Waals surface area contributed by atoms with Crippen LogP contribution in [0.2, 0.25) is 0 Å². The Hall–Kier alpha value is 0.920. The van der Waals surface area contributed by atoms with Crippen molar-refractivity contribution in [1.82, 2.24) is 0 Å². The van der Waals surface area contributed by atoms with E-state index in [2.05, 4.69) is 36.8 Å². The van der Waals surface area contributed by atoms with Gasteiger partial charge in [-0.25, -0.2) is 0 Å². The SMILES string of the molecule is CCCCCCCC[N+](C)(CCBr)CCCCCCCC.[Br-]. The van der Waals surface area contributed by atoms with E-state index in [0.717, 1.165) is 5.33 Å². The molecule has 0 saturated heterocycles. The van der Waals surface area contributed by atoms with Crippen LogP contribution >= 0.6 is 15.9 Å². The third-order valence-electron chi connectivity index (χ3n) is 4.73. The van der Waals surface area contributed by atoms with Crippen molar-refractivity contribution in [1.29, 1.82) is 0 Å². The van der Waals surface area contributed by atoms with E-state index in [9.17, 15) is 0 Å². The first-order chi connectivity index (χ1) is 10.2. The molecule has 0 atom stereocenters. The van der Waals surface area contributed by atoms with Gasteiger partial charge in [0.2, 0.25) is 0 Å². The normalized spacial score (nSPS) is 11.5. The van der Waals surface area contributed by atoms with Crippen LogP contribution < -0.4 is 17.0 Å². The van der Waals surface area contributed by atoms with Gasteiger partial charge in [0.15, 0.2) is 0 Å². The van der Waals surface area contributed by atoms with Crippen LogP contribution in [0, 0.1) is 0 Å². The van der Waals surface area contributed by atoms with Crippen LogP contribution in [0.15, 0.2) is 0 Å². The lowest BCUT2D eigenvalue weighted by Crippen LogP contribution is -3.00. The maximum Gasteiger partial charge on any atom is 0.0883 e. The zero-order valence-electron chi connectivity index (χ0n) is 15.5. The molecule has 0 spiro atoms. The van der Waals surface area contributed by atoms with Crippen LogP contribution in [0.3, 0.4) is 0 Å². The molecule has 136 valence electrons. The molecule has 0 aliphatic heterocycles. The van der Waals surface area contributed by atoms with Gasteiger partial charge in [-0.15, -0.1) is 0 Å². The average Bonchev–Trinajstić information content (AvgIpc) is 2.47. The third-order valence-corrected chi connectivity index (χ3v) is 5.08. The number of nitrogens with zero attached hydrogens (tertiary/aromatic N) is 1. The van der Waals surface area contributed by atoms with Gasteiger partial charge in [0.1, 0.15) is 0 Å². The topological polar surface area (TPSA) is 0 Å². The molecule has 1 nitrogen and oxygen atoms in total. The number of hydrogen-bond acceptors (Lipinski definition) is 0. The monoisotopic (exact) mass is 441 g/mol. The van der Waals surface area contributed by atoms with E-state index in [1.807, 2.05) is 0 Å². The molecule has 3 heteroatoms. The number of alkyl halides is 1. The number of hydrogen-bond donors (Lipinski definition) is 0. The lowest BCUT2D eigenvalue weighted by atomic mass is 10.1. The molecule has 0 unspecified atom stereocenters. The second-order valence-electron chi connectivity index (χ2n) is 7.01. The van der Waals surface area contributed by atoms with Gasteiger partial charge in [-0.2, -0.15) is 0 Å². The van der Waals surface area contributed by atoms with Gasteiger partial charge in [0.05, 0.1) is 32.0 Å². The summed E-state index contributed by atoms with van der Waals surface area (Å²) in [6.07, 6.45) is 17.0. The van der Waals surface area contributed by atoms with Gasteiger partial charge < -0.3 is 21.5 Å². The summed E-state index contributed by atoms with van der Waals surface area (Å²) in [5, 5.41) is 1.15. The zero-order chi connectivity index (χ0) is 15.8. The summed E-state index contributed by atoms with van der Waals surface area (Å²) in [6.45, 7) is 8.65. The highest BCUT2D eigenvalue weighted by molar-refractivity contribution is 9.09. The maximum atomic E-state index is 3.66. The predicted octanol–water partition coefficient (Wildman–Crippen LogP) is 3.55. The summed E-state index contributed by atoms with van der Waals surface area (Å²) in [4.78, 5) is 0. The molecule has 0 aliphatic carbocycles. The van der Waals surface area contributed by atoms with E-state index in [1.165, 1.54) is 101 Å². The van der Waals surface area contributed by atoms with Gasteiger partial charge >= 0.3 is 0 Å². The molecule has 22 heavy (non-hydrogen) atoms. The molecule has 0 aliphatic rings. The quantitative estimate of drug-likeness (QED) is 0.195. The molecule has 0 amide bonds. The lowest BCUT2D eigenvalue weighted by molar-refractivity contribution is -0.907. The van der Waals surface area contributed by atoms with Crippen molar-refractivity contribution in [2.45, 2.75) is 90.9 Å². The van der Waals surface area contributed by atoms with Crippen LogP contribution in [0.25, 0.3) is 0 Å². The minimum absolute atomic E-state index is 0. The van der Waals surface area contributed by atoms with E-state index < -0.39 is 0 Å². The number of quaternary nitrogens is 1. The van der Waals surface area contributed by atoms with E-state index >= 15 is 0 Å². The highest BCUT2D eigenvalue weighted by Gasteiger charge is 2.19. The van der Waals surface area contributed by atoms with E-state index in [0.29, 0.717) is 0 Å². The zero-order valence-corrected chi connectivity index (χ0v) is 18.7. The van der Waals surface area contributed by atoms with Gasteiger partial charge in [-0.1, -0.05) is 81.1 Å². The second kappa shape index (κ2) is 18.3. The molecule has 0 fully saturated rings. The summed E-state index contributed by atoms with van der Waals surface area (Å²) >= 11 is 3.66. The van der Waals surface area contributed by atoms with Crippen LogP contribution in [-0.2, 0) is 0 Å². The van der Waals surface area contributed by atoms with Crippen LogP contribution in [0.4, 0.5) is 0 Å². The maximum absolute atomic E-state index is 3.66. The summed E-state index contributed by atoms with van der Waals surface area (Å²) < 4.78 is 1.28. The van der Waals surface area contributed by atoms with E-state index in [1.54, 1.807) is 0 Å². The number of rotatable bonds is 16. The Bertz CT molecular complexity index is 194. The Morgan fingerprint density at radius 3 is 1.32 bits per heavy atom. The molecule has 0 radical (unpaired) electrons. The first-order valence-electron chi connectivity index (χ1n) is 9.58. The van der Waals surface area contributed by atoms with Crippen molar-refractivity contribution in [3.05, 3.63) is 0 Å². The van der Waals surface area contributed by atoms with E-state index in [-0.39, 0.29) is 17.0 Å². The summed E-state index contributed by atoms with van der Waals surface area (Å²) in [6, 6.07) is 0. The molecule has 0 saturated carbocycles. The minimum atomic E-state index is 0. The molecule has 0 aromatic carbocycles. The van der Waals surface area contributed by atoms with Gasteiger partial charge in [-0.3, -0.25) is 0 Å². The summed E-state index contributed by atoms with van der Waals surface area (Å²) in [5.74, 6) is 0. The van der Waals surface area contributed by atoms with Crippen LogP contribution in [-0.4, -0.2) is 36.5 Å². The van der Waals surface area contributed by atoms with Crippen molar-refractivity contribution in [3.63, 3.8) is 0 Å². The molecule has 0 rings (SSSR count). The predicted molar refractivity (Wildman–Crippen MR) is 101 cm³/mol. The molecule has 0 heterocycles. The van der Waals surface area contributed by atoms with Crippen molar-refractivity contribution in [2.24, 2.45) is 0 Å². The first-order valence-corrected chi connectivity index (χ1v) is 10.7. The first kappa shape index (κ1) is 25.2. The Morgan fingerprint density at radius 2 is 0.955 bits per heavy atom. The fourth-order valence-electron chi connectivity index (χ4n) is 3.09. The van der Waals surface area contributed by atoms with Crippen molar-refractivity contribution >= 4 is 15.9 Å². The van der Waals surface area contributed by atoms with Crippen molar-refractivity contribution in [3.8, 4) is 0 Å². The largest absolute Gasteiger partial charge is 1.00 e. The highest BCUT2D eigenvalue weighted by atomic mass is 79.9. The molecule has 0 N–H and O–H groups in total. The number of unbranched alkanes of at least 4 members (excludes halogenated alkanes) is 10. The van der Waals surface area contributed by atoms with Crippen LogP contribution in [0.5, 0.6) is 0 Å². The smallest absolute Gasteiger partial charge is 0.0883 e. The lowest BCUT2D eigenvalue weighted by Gasteiger charge is -2.34. The molecular weight excluding hydrogens is 402 g/mol. The fourth-order valence-corrected chi connectivity index (χ4v) is 3.94. The van der Waals surface area contributed by atoms with Gasteiger partial charge in [0, 0.05) is 0 Å². The van der Waals surface area contributed by atoms with Crippen molar-refractivity contribution < 1.29 is 21.5 Å². The minimum Gasteiger partial charge on any atom is -1.00 e. The summed E-state index contributed by atoms with van der Waals surface area (Å²) in [5.41, 5.74) is 0. The Balaban J connectivity index is 0. The van der Waals surface area contributed by atoms with Gasteiger partial charge in [0.25, 0.3) is 0 Å².